The van der Waals surface area contributed by atoms with Crippen LogP contribution in [-0.2, 0) is 6.42 Å². The summed E-state index contributed by atoms with van der Waals surface area (Å²) in [6, 6.07) is 5.18. The Labute approximate surface area is 117 Å². The van der Waals surface area contributed by atoms with Crippen LogP contribution in [0.2, 0.25) is 0 Å². The van der Waals surface area contributed by atoms with Gasteiger partial charge in [-0.25, -0.2) is 4.39 Å². The highest BCUT2D eigenvalue weighted by molar-refractivity contribution is 5.85. The van der Waals surface area contributed by atoms with Crippen molar-refractivity contribution in [1.82, 2.24) is 15.5 Å². The molecule has 1 atom stereocenters. The molecule has 1 unspecified atom stereocenters. The second-order valence-electron chi connectivity index (χ2n) is 4.39. The number of aromatic nitrogens is 2. The zero-order valence-corrected chi connectivity index (χ0v) is 11.9. The van der Waals surface area contributed by atoms with Gasteiger partial charge >= 0.3 is 0 Å². The van der Waals surface area contributed by atoms with Crippen LogP contribution in [0.15, 0.2) is 22.7 Å². The van der Waals surface area contributed by atoms with Crippen molar-refractivity contribution >= 4 is 12.4 Å². The molecule has 19 heavy (non-hydrogen) atoms. The molecule has 6 heteroatoms. The first-order chi connectivity index (χ1) is 8.60. The monoisotopic (exact) mass is 285 g/mol. The van der Waals surface area contributed by atoms with Crippen molar-refractivity contribution in [2.45, 2.75) is 26.3 Å². The predicted octanol–water partition coefficient (Wildman–Crippen LogP) is 2.76. The Morgan fingerprint density at radius 1 is 1.42 bits per heavy atom. The van der Waals surface area contributed by atoms with Crippen LogP contribution in [0.3, 0.4) is 0 Å². The highest BCUT2D eigenvalue weighted by Crippen LogP contribution is 2.22. The number of rotatable bonds is 4. The zero-order chi connectivity index (χ0) is 13.1. The normalized spacial score (nSPS) is 12.0. The minimum absolute atomic E-state index is 0. The van der Waals surface area contributed by atoms with E-state index in [2.05, 4.69) is 15.5 Å². The molecule has 0 fully saturated rings. The first-order valence-corrected chi connectivity index (χ1v) is 5.86. The Kier molecular flexibility index (Phi) is 5.44. The summed E-state index contributed by atoms with van der Waals surface area (Å²) in [5.74, 6) is 0.462. The SMILES string of the molecule is CNC(C)Cc1noc(-c2ccc(C)cc2F)n1.Cl. The van der Waals surface area contributed by atoms with Gasteiger partial charge in [0.2, 0.25) is 0 Å². The van der Waals surface area contributed by atoms with Gasteiger partial charge in [0.05, 0.1) is 5.56 Å². The molecule has 1 aromatic carbocycles. The minimum Gasteiger partial charge on any atom is -0.334 e. The largest absolute Gasteiger partial charge is 0.334 e. The van der Waals surface area contributed by atoms with Gasteiger partial charge in [-0.15, -0.1) is 12.4 Å². The Balaban J connectivity index is 0.00000180. The van der Waals surface area contributed by atoms with Crippen LogP contribution < -0.4 is 5.32 Å². The lowest BCUT2D eigenvalue weighted by Gasteiger charge is -2.04. The number of nitrogens with zero attached hydrogens (tertiary/aromatic N) is 2. The molecule has 0 bridgehead atoms. The third-order valence-corrected chi connectivity index (χ3v) is 2.80. The van der Waals surface area contributed by atoms with E-state index in [-0.39, 0.29) is 30.2 Å². The van der Waals surface area contributed by atoms with Gasteiger partial charge in [0.15, 0.2) is 5.82 Å². The minimum atomic E-state index is -0.341. The molecule has 0 amide bonds. The molecule has 4 nitrogen and oxygen atoms in total. The summed E-state index contributed by atoms with van der Waals surface area (Å²) in [5.41, 5.74) is 1.20. The number of aryl methyl sites for hydroxylation is 1. The Morgan fingerprint density at radius 2 is 2.16 bits per heavy atom. The van der Waals surface area contributed by atoms with E-state index >= 15 is 0 Å². The van der Waals surface area contributed by atoms with Crippen LogP contribution in [0.25, 0.3) is 11.5 Å². The van der Waals surface area contributed by atoms with Crippen LogP contribution in [0.1, 0.15) is 18.3 Å². The van der Waals surface area contributed by atoms with Gasteiger partial charge in [0.25, 0.3) is 5.89 Å². The van der Waals surface area contributed by atoms with E-state index in [1.165, 1.54) is 6.07 Å². The average molecular weight is 286 g/mol. The standard InChI is InChI=1S/C13H16FN3O.ClH/c1-8-4-5-10(11(14)6-8)13-16-12(17-18-13)7-9(2)15-3;/h4-6,9,15H,7H2,1-3H3;1H. The lowest BCUT2D eigenvalue weighted by molar-refractivity contribution is 0.416. The third-order valence-electron chi connectivity index (χ3n) is 2.80. The fraction of sp³-hybridized carbons (Fsp3) is 0.385. The highest BCUT2D eigenvalue weighted by Gasteiger charge is 2.14. The number of nitrogens with one attached hydrogen (secondary N) is 1. The van der Waals surface area contributed by atoms with Crippen LogP contribution >= 0.6 is 12.4 Å². The molecule has 0 saturated heterocycles. The molecular formula is C13H17ClFN3O. The van der Waals surface area contributed by atoms with Crippen LogP contribution in [0.4, 0.5) is 4.39 Å². The molecular weight excluding hydrogens is 269 g/mol. The van der Waals surface area contributed by atoms with Gasteiger partial charge < -0.3 is 9.84 Å². The topological polar surface area (TPSA) is 51.0 Å². The quantitative estimate of drug-likeness (QED) is 0.938. The first kappa shape index (κ1) is 15.6. The van der Waals surface area contributed by atoms with E-state index in [4.69, 9.17) is 4.52 Å². The van der Waals surface area contributed by atoms with E-state index < -0.39 is 0 Å². The van der Waals surface area contributed by atoms with E-state index in [0.29, 0.717) is 17.8 Å². The van der Waals surface area contributed by atoms with Crippen molar-refractivity contribution in [3.8, 4) is 11.5 Å². The summed E-state index contributed by atoms with van der Waals surface area (Å²) in [4.78, 5) is 4.20. The van der Waals surface area contributed by atoms with Gasteiger partial charge in [-0.1, -0.05) is 11.2 Å². The predicted molar refractivity (Wildman–Crippen MR) is 73.9 cm³/mol. The summed E-state index contributed by atoms with van der Waals surface area (Å²) < 4.78 is 18.8. The van der Waals surface area contributed by atoms with Crippen molar-refractivity contribution in [2.75, 3.05) is 7.05 Å². The summed E-state index contributed by atoms with van der Waals surface area (Å²) in [7, 11) is 1.87. The Hall–Kier alpha value is -1.46. The van der Waals surface area contributed by atoms with E-state index in [1.54, 1.807) is 6.07 Å². The van der Waals surface area contributed by atoms with Gasteiger partial charge in [-0.2, -0.15) is 4.98 Å². The molecule has 1 N–H and O–H groups in total. The number of hydrogen-bond donors (Lipinski definition) is 1. The molecule has 2 rings (SSSR count). The summed E-state index contributed by atoms with van der Waals surface area (Å²) in [6.45, 7) is 3.85. The Morgan fingerprint density at radius 3 is 2.79 bits per heavy atom. The molecule has 0 aliphatic heterocycles. The van der Waals surface area contributed by atoms with E-state index in [1.807, 2.05) is 27.0 Å². The second-order valence-corrected chi connectivity index (χ2v) is 4.39. The van der Waals surface area contributed by atoms with E-state index in [0.717, 1.165) is 5.56 Å². The van der Waals surface area contributed by atoms with Crippen LogP contribution in [0, 0.1) is 12.7 Å². The van der Waals surface area contributed by atoms with Gasteiger partial charge in [-0.3, -0.25) is 0 Å². The molecule has 104 valence electrons. The molecule has 0 aliphatic carbocycles. The smallest absolute Gasteiger partial charge is 0.260 e. The van der Waals surface area contributed by atoms with E-state index in [9.17, 15) is 4.39 Å². The molecule has 0 aliphatic rings. The van der Waals surface area contributed by atoms with Crippen molar-refractivity contribution in [3.05, 3.63) is 35.4 Å². The lowest BCUT2D eigenvalue weighted by atomic mass is 10.1. The summed E-state index contributed by atoms with van der Waals surface area (Å²) >= 11 is 0. The molecule has 1 heterocycles. The molecule has 0 spiro atoms. The summed E-state index contributed by atoms with van der Waals surface area (Å²) in [6.07, 6.45) is 0.646. The fourth-order valence-electron chi connectivity index (χ4n) is 1.62. The van der Waals surface area contributed by atoms with Crippen LogP contribution in [0.5, 0.6) is 0 Å². The maximum absolute atomic E-state index is 13.7. The zero-order valence-electron chi connectivity index (χ0n) is 11.1. The molecule has 1 aromatic heterocycles. The van der Waals surface area contributed by atoms with Crippen molar-refractivity contribution in [3.63, 3.8) is 0 Å². The number of halogens is 2. The maximum atomic E-state index is 13.7. The third kappa shape index (κ3) is 3.75. The van der Waals surface area contributed by atoms with Crippen LogP contribution in [-0.4, -0.2) is 23.2 Å². The molecule has 0 saturated carbocycles. The summed E-state index contributed by atoms with van der Waals surface area (Å²) in [5, 5.41) is 6.94. The van der Waals surface area contributed by atoms with Gasteiger partial charge in [0, 0.05) is 12.5 Å². The van der Waals surface area contributed by atoms with Gasteiger partial charge in [-0.05, 0) is 38.6 Å². The molecule has 2 aromatic rings. The van der Waals surface area contributed by atoms with Crippen molar-refractivity contribution in [1.29, 1.82) is 0 Å². The fourth-order valence-corrected chi connectivity index (χ4v) is 1.62. The number of benzene rings is 1. The first-order valence-electron chi connectivity index (χ1n) is 5.86. The van der Waals surface area contributed by atoms with Crippen molar-refractivity contribution < 1.29 is 8.91 Å². The number of likely N-dealkylation sites (N-methyl/N-ethyl adjacent to an activating group) is 1. The number of hydrogen-bond acceptors (Lipinski definition) is 4. The second kappa shape index (κ2) is 6.63. The lowest BCUT2D eigenvalue weighted by Crippen LogP contribution is -2.24. The Bertz CT molecular complexity index is 544. The average Bonchev–Trinajstić information content (AvgIpc) is 2.77. The van der Waals surface area contributed by atoms with Crippen molar-refractivity contribution in [2.24, 2.45) is 0 Å². The maximum Gasteiger partial charge on any atom is 0.260 e. The highest BCUT2D eigenvalue weighted by atomic mass is 35.5. The van der Waals surface area contributed by atoms with Gasteiger partial charge in [0.1, 0.15) is 5.82 Å². The molecule has 0 radical (unpaired) electrons.